The normalized spacial score (nSPS) is 10.3. The maximum Gasteiger partial charge on any atom is 0.342 e. The minimum atomic E-state index is -0.459. The van der Waals surface area contributed by atoms with Crippen LogP contribution in [0.15, 0.2) is 39.1 Å². The van der Waals surface area contributed by atoms with Crippen LogP contribution in [-0.4, -0.2) is 28.0 Å². The van der Waals surface area contributed by atoms with Gasteiger partial charge in [0, 0.05) is 16.9 Å². The van der Waals surface area contributed by atoms with Gasteiger partial charge in [0.05, 0.1) is 7.11 Å². The molecule has 2 rings (SSSR count). The van der Waals surface area contributed by atoms with Gasteiger partial charge < -0.3 is 4.74 Å². The number of pyridine rings is 1. The number of carbonyl (C=O) groups is 1. The summed E-state index contributed by atoms with van der Waals surface area (Å²) in [5.41, 5.74) is 0.336. The molecule has 0 N–H and O–H groups in total. The number of aryl methyl sites for hydroxylation is 1. The van der Waals surface area contributed by atoms with Gasteiger partial charge in [0.2, 0.25) is 0 Å². The zero-order valence-electron chi connectivity index (χ0n) is 10.3. The smallest absolute Gasteiger partial charge is 0.342 e. The van der Waals surface area contributed by atoms with E-state index in [9.17, 15) is 4.79 Å². The van der Waals surface area contributed by atoms with Crippen LogP contribution >= 0.6 is 27.7 Å². The van der Waals surface area contributed by atoms with Crippen molar-refractivity contribution >= 4 is 33.7 Å². The highest BCUT2D eigenvalue weighted by molar-refractivity contribution is 9.10. The summed E-state index contributed by atoms with van der Waals surface area (Å²) >= 11 is 4.62. The maximum atomic E-state index is 11.6. The van der Waals surface area contributed by atoms with Crippen molar-refractivity contribution in [3.63, 3.8) is 0 Å². The molecule has 0 bridgehead atoms. The molecule has 19 heavy (non-hydrogen) atoms. The predicted molar refractivity (Wildman–Crippen MR) is 74.2 cm³/mol. The van der Waals surface area contributed by atoms with Crippen molar-refractivity contribution in [1.82, 2.24) is 15.0 Å². The first-order valence-electron chi connectivity index (χ1n) is 5.31. The van der Waals surface area contributed by atoms with Crippen molar-refractivity contribution in [2.75, 3.05) is 7.11 Å². The molecule has 0 radical (unpaired) electrons. The van der Waals surface area contributed by atoms with Gasteiger partial charge >= 0.3 is 5.97 Å². The van der Waals surface area contributed by atoms with Gasteiger partial charge in [-0.1, -0.05) is 0 Å². The Morgan fingerprint density at radius 1 is 1.32 bits per heavy atom. The highest BCUT2D eigenvalue weighted by Gasteiger charge is 2.15. The van der Waals surface area contributed by atoms with Crippen LogP contribution in [0.25, 0.3) is 0 Å². The van der Waals surface area contributed by atoms with Gasteiger partial charge in [0.25, 0.3) is 0 Å². The quantitative estimate of drug-likeness (QED) is 0.632. The van der Waals surface area contributed by atoms with Gasteiger partial charge in [-0.15, -0.1) is 0 Å². The van der Waals surface area contributed by atoms with Crippen molar-refractivity contribution in [2.24, 2.45) is 0 Å². The molecule has 0 aliphatic carbocycles. The van der Waals surface area contributed by atoms with Crippen molar-refractivity contribution < 1.29 is 9.53 Å². The summed E-state index contributed by atoms with van der Waals surface area (Å²) in [6.07, 6.45) is 3.16. The van der Waals surface area contributed by atoms with Crippen LogP contribution in [0.3, 0.4) is 0 Å². The van der Waals surface area contributed by atoms with Crippen LogP contribution in [0.2, 0.25) is 0 Å². The van der Waals surface area contributed by atoms with Crippen molar-refractivity contribution in [2.45, 2.75) is 17.0 Å². The number of ether oxygens (including phenoxy) is 1. The average molecular weight is 340 g/mol. The molecule has 0 aliphatic rings. The van der Waals surface area contributed by atoms with Crippen molar-refractivity contribution in [1.29, 1.82) is 0 Å². The SMILES string of the molecule is COC(=O)c1cnc(C)nc1Sc1ccc(Br)cn1. The molecule has 98 valence electrons. The van der Waals surface area contributed by atoms with E-state index in [1.54, 1.807) is 13.1 Å². The second-order valence-electron chi connectivity index (χ2n) is 3.54. The number of aromatic nitrogens is 3. The number of nitrogens with zero attached hydrogens (tertiary/aromatic N) is 3. The molecule has 0 fully saturated rings. The molecule has 7 heteroatoms. The molecular weight excluding hydrogens is 330 g/mol. The van der Waals surface area contributed by atoms with Crippen LogP contribution in [-0.2, 0) is 4.74 Å². The molecule has 0 saturated heterocycles. The molecular formula is C12H10BrN3O2S. The monoisotopic (exact) mass is 339 g/mol. The molecule has 0 aromatic carbocycles. The summed E-state index contributed by atoms with van der Waals surface area (Å²) in [6.45, 7) is 1.76. The van der Waals surface area contributed by atoms with Gasteiger partial charge in [-0.2, -0.15) is 0 Å². The number of halogens is 1. The van der Waals surface area contributed by atoms with Gasteiger partial charge in [-0.05, 0) is 46.7 Å². The van der Waals surface area contributed by atoms with E-state index < -0.39 is 5.97 Å². The Labute approximate surface area is 123 Å². The van der Waals surface area contributed by atoms with Crippen molar-refractivity contribution in [3.8, 4) is 0 Å². The number of methoxy groups -OCH3 is 1. The summed E-state index contributed by atoms with van der Waals surface area (Å²) < 4.78 is 5.61. The van der Waals surface area contributed by atoms with E-state index in [0.717, 1.165) is 9.50 Å². The molecule has 0 amide bonds. The lowest BCUT2D eigenvalue weighted by atomic mass is 10.3. The number of esters is 1. The zero-order chi connectivity index (χ0) is 13.8. The van der Waals surface area contributed by atoms with E-state index in [-0.39, 0.29) is 0 Å². The number of hydrogen-bond donors (Lipinski definition) is 0. The fourth-order valence-corrected chi connectivity index (χ4v) is 2.40. The highest BCUT2D eigenvalue weighted by atomic mass is 79.9. The van der Waals surface area contributed by atoms with Gasteiger partial charge in [0.15, 0.2) is 0 Å². The van der Waals surface area contributed by atoms with Crippen LogP contribution in [0.4, 0.5) is 0 Å². The van der Waals surface area contributed by atoms with E-state index in [0.29, 0.717) is 16.4 Å². The topological polar surface area (TPSA) is 65.0 Å². The van der Waals surface area contributed by atoms with E-state index in [2.05, 4.69) is 30.9 Å². The maximum absolute atomic E-state index is 11.6. The van der Waals surface area contributed by atoms with Crippen LogP contribution in [0.5, 0.6) is 0 Å². The van der Waals surface area contributed by atoms with E-state index in [1.807, 2.05) is 12.1 Å². The Hall–Kier alpha value is -1.47. The summed E-state index contributed by atoms with van der Waals surface area (Å²) in [5.74, 6) is 0.131. The molecule has 0 atom stereocenters. The minimum Gasteiger partial charge on any atom is -0.465 e. The summed E-state index contributed by atoms with van der Waals surface area (Å²) in [4.78, 5) is 24.2. The Kier molecular flexibility index (Phi) is 4.49. The predicted octanol–water partition coefficient (Wildman–Crippen LogP) is 2.88. The van der Waals surface area contributed by atoms with E-state index >= 15 is 0 Å². The Balaban J connectivity index is 2.35. The summed E-state index contributed by atoms with van der Waals surface area (Å²) in [6, 6.07) is 3.72. The summed E-state index contributed by atoms with van der Waals surface area (Å²) in [7, 11) is 1.33. The van der Waals surface area contributed by atoms with E-state index in [4.69, 9.17) is 4.74 Å². The Morgan fingerprint density at radius 2 is 2.11 bits per heavy atom. The third kappa shape index (κ3) is 3.51. The van der Waals surface area contributed by atoms with E-state index in [1.165, 1.54) is 25.1 Å². The first-order chi connectivity index (χ1) is 9.10. The second kappa shape index (κ2) is 6.12. The van der Waals surface area contributed by atoms with Crippen LogP contribution < -0.4 is 0 Å². The molecule has 0 saturated carbocycles. The lowest BCUT2D eigenvalue weighted by Gasteiger charge is -2.06. The Morgan fingerprint density at radius 3 is 2.74 bits per heavy atom. The third-order valence-electron chi connectivity index (χ3n) is 2.18. The molecule has 5 nitrogen and oxygen atoms in total. The third-order valence-corrected chi connectivity index (χ3v) is 3.61. The number of rotatable bonds is 3. The molecule has 0 aliphatic heterocycles. The minimum absolute atomic E-state index is 0.336. The fourth-order valence-electron chi connectivity index (χ4n) is 1.30. The lowest BCUT2D eigenvalue weighted by molar-refractivity contribution is 0.0595. The molecule has 0 unspecified atom stereocenters. The molecule has 2 aromatic rings. The van der Waals surface area contributed by atoms with Gasteiger partial charge in [-0.25, -0.2) is 19.7 Å². The first-order valence-corrected chi connectivity index (χ1v) is 6.92. The standard InChI is InChI=1S/C12H10BrN3O2S/c1-7-14-6-9(12(17)18-2)11(16-7)19-10-4-3-8(13)5-15-10/h3-6H,1-2H3. The van der Waals surface area contributed by atoms with Gasteiger partial charge in [0.1, 0.15) is 21.4 Å². The lowest BCUT2D eigenvalue weighted by Crippen LogP contribution is -2.06. The van der Waals surface area contributed by atoms with Gasteiger partial charge in [-0.3, -0.25) is 0 Å². The van der Waals surface area contributed by atoms with Crippen LogP contribution in [0.1, 0.15) is 16.2 Å². The molecule has 2 heterocycles. The first kappa shape index (κ1) is 14.0. The molecule has 0 spiro atoms. The fraction of sp³-hybridized carbons (Fsp3) is 0.167. The Bertz CT molecular complexity index is 604. The largest absolute Gasteiger partial charge is 0.465 e. The second-order valence-corrected chi connectivity index (χ2v) is 5.47. The summed E-state index contributed by atoms with van der Waals surface area (Å²) in [5, 5.41) is 1.28. The highest BCUT2D eigenvalue weighted by Crippen LogP contribution is 2.28. The number of carbonyl (C=O) groups excluding carboxylic acids is 1. The average Bonchev–Trinajstić information content (AvgIpc) is 2.41. The zero-order valence-corrected chi connectivity index (χ0v) is 12.7. The van der Waals surface area contributed by atoms with Crippen LogP contribution in [0, 0.1) is 6.92 Å². The molecule has 2 aromatic heterocycles. The van der Waals surface area contributed by atoms with Crippen molar-refractivity contribution in [3.05, 3.63) is 40.4 Å². The number of hydrogen-bond acceptors (Lipinski definition) is 6.